The second-order valence-electron chi connectivity index (χ2n) is 6.10. The normalized spacial score (nSPS) is 17.4. The highest BCUT2D eigenvalue weighted by Crippen LogP contribution is 2.36. The number of rotatable bonds is 3. The average Bonchev–Trinajstić information content (AvgIpc) is 2.68. The van der Waals surface area contributed by atoms with Crippen molar-refractivity contribution in [2.75, 3.05) is 13.1 Å². The Balaban J connectivity index is 1.81. The molecule has 0 atom stereocenters. The number of nitriles is 2. The molecule has 0 N–H and O–H groups in total. The van der Waals surface area contributed by atoms with Gasteiger partial charge < -0.3 is 0 Å². The Morgan fingerprint density at radius 2 is 1.52 bits per heavy atom. The fraction of sp³-hybridized carbons (Fsp3) is 0.263. The largest absolute Gasteiger partial charge is 0.243 e. The van der Waals surface area contributed by atoms with Gasteiger partial charge in [-0.15, -0.1) is 0 Å². The second kappa shape index (κ2) is 6.68. The van der Waals surface area contributed by atoms with Crippen molar-refractivity contribution < 1.29 is 8.42 Å². The second-order valence-corrected chi connectivity index (χ2v) is 8.04. The molecule has 1 saturated heterocycles. The molecule has 0 aliphatic carbocycles. The fourth-order valence-corrected chi connectivity index (χ4v) is 4.62. The zero-order valence-electron chi connectivity index (χ0n) is 13.6. The number of nitrogens with zero attached hydrogens (tertiary/aromatic N) is 3. The summed E-state index contributed by atoms with van der Waals surface area (Å²) in [5.74, 6) is 0. The molecule has 3 rings (SSSR count). The topological polar surface area (TPSA) is 85.0 Å². The van der Waals surface area contributed by atoms with Crippen LogP contribution < -0.4 is 0 Å². The maximum atomic E-state index is 12.8. The molecule has 1 heterocycles. The summed E-state index contributed by atoms with van der Waals surface area (Å²) in [6.07, 6.45) is 0.923. The van der Waals surface area contributed by atoms with Crippen LogP contribution in [0, 0.1) is 22.7 Å². The van der Waals surface area contributed by atoms with Gasteiger partial charge >= 0.3 is 0 Å². The zero-order valence-corrected chi connectivity index (χ0v) is 14.4. The summed E-state index contributed by atoms with van der Waals surface area (Å²) in [4.78, 5) is 0.177. The monoisotopic (exact) mass is 351 g/mol. The highest BCUT2D eigenvalue weighted by Gasteiger charge is 2.39. The van der Waals surface area contributed by atoms with E-state index in [1.165, 1.54) is 28.6 Å². The lowest BCUT2D eigenvalue weighted by atomic mass is 9.74. The van der Waals surface area contributed by atoms with E-state index in [2.05, 4.69) is 6.07 Å². The lowest BCUT2D eigenvalue weighted by molar-refractivity contribution is 0.277. The molecule has 0 unspecified atom stereocenters. The molecule has 6 heteroatoms. The van der Waals surface area contributed by atoms with Crippen molar-refractivity contribution in [3.05, 3.63) is 65.7 Å². The van der Waals surface area contributed by atoms with Crippen LogP contribution in [0.5, 0.6) is 0 Å². The van der Waals surface area contributed by atoms with Gasteiger partial charge in [0.1, 0.15) is 0 Å². The van der Waals surface area contributed by atoms with Crippen molar-refractivity contribution in [3.63, 3.8) is 0 Å². The number of piperidine rings is 1. The zero-order chi connectivity index (χ0) is 17.9. The molecule has 0 amide bonds. The van der Waals surface area contributed by atoms with Crippen molar-refractivity contribution >= 4 is 10.0 Å². The first-order valence-corrected chi connectivity index (χ1v) is 9.43. The summed E-state index contributed by atoms with van der Waals surface area (Å²) in [7, 11) is -3.61. The van der Waals surface area contributed by atoms with Crippen LogP contribution in [0.15, 0.2) is 59.5 Å². The van der Waals surface area contributed by atoms with Gasteiger partial charge in [0.15, 0.2) is 0 Å². The molecule has 126 valence electrons. The predicted molar refractivity (Wildman–Crippen MR) is 92.9 cm³/mol. The summed E-state index contributed by atoms with van der Waals surface area (Å²) in [6.45, 7) is 0.593. The molecule has 1 fully saturated rings. The lowest BCUT2D eigenvalue weighted by Crippen LogP contribution is -2.44. The Hall–Kier alpha value is -2.67. The van der Waals surface area contributed by atoms with Crippen molar-refractivity contribution in [1.29, 1.82) is 10.5 Å². The molecule has 0 spiro atoms. The van der Waals surface area contributed by atoms with Gasteiger partial charge in [-0.25, -0.2) is 8.42 Å². The third kappa shape index (κ3) is 3.15. The van der Waals surface area contributed by atoms with Gasteiger partial charge in [-0.1, -0.05) is 30.3 Å². The third-order valence-corrected chi connectivity index (χ3v) is 6.65. The van der Waals surface area contributed by atoms with Crippen LogP contribution >= 0.6 is 0 Å². The van der Waals surface area contributed by atoms with Crippen molar-refractivity contribution in [1.82, 2.24) is 4.31 Å². The smallest absolute Gasteiger partial charge is 0.207 e. The van der Waals surface area contributed by atoms with E-state index in [1.807, 2.05) is 36.4 Å². The Morgan fingerprint density at radius 1 is 0.920 bits per heavy atom. The Kier molecular flexibility index (Phi) is 4.59. The SMILES string of the molecule is N#Cc1ccc(S(=O)(=O)N2CCC(C#N)(c3ccccc3)CC2)cc1. The van der Waals surface area contributed by atoms with Crippen molar-refractivity contribution in [2.24, 2.45) is 0 Å². The molecule has 2 aromatic rings. The maximum absolute atomic E-state index is 12.8. The van der Waals surface area contributed by atoms with E-state index in [9.17, 15) is 13.7 Å². The summed E-state index contributed by atoms with van der Waals surface area (Å²) >= 11 is 0. The van der Waals surface area contributed by atoms with Crippen LogP contribution in [0.1, 0.15) is 24.0 Å². The van der Waals surface area contributed by atoms with E-state index >= 15 is 0 Å². The van der Waals surface area contributed by atoms with E-state index in [0.29, 0.717) is 31.5 Å². The van der Waals surface area contributed by atoms with Gasteiger partial charge in [-0.3, -0.25) is 0 Å². The van der Waals surface area contributed by atoms with Gasteiger partial charge in [0.05, 0.1) is 28.0 Å². The molecule has 0 saturated carbocycles. The first kappa shape index (κ1) is 17.2. The van der Waals surface area contributed by atoms with Gasteiger partial charge in [-0.05, 0) is 42.7 Å². The van der Waals surface area contributed by atoms with Gasteiger partial charge in [0.2, 0.25) is 10.0 Å². The van der Waals surface area contributed by atoms with Crippen molar-refractivity contribution in [3.8, 4) is 12.1 Å². The summed E-state index contributed by atoms with van der Waals surface area (Å²) in [5.41, 5.74) is 0.718. The van der Waals surface area contributed by atoms with Gasteiger partial charge in [0.25, 0.3) is 0 Å². The number of benzene rings is 2. The molecule has 0 bridgehead atoms. The quantitative estimate of drug-likeness (QED) is 0.851. The molecule has 0 radical (unpaired) electrons. The third-order valence-electron chi connectivity index (χ3n) is 4.74. The van der Waals surface area contributed by atoms with E-state index in [4.69, 9.17) is 5.26 Å². The minimum Gasteiger partial charge on any atom is -0.207 e. The van der Waals surface area contributed by atoms with Crippen LogP contribution in [0.25, 0.3) is 0 Å². The predicted octanol–water partition coefficient (Wildman–Crippen LogP) is 2.80. The number of sulfonamides is 1. The van der Waals surface area contributed by atoms with E-state index < -0.39 is 15.4 Å². The van der Waals surface area contributed by atoms with Crippen LogP contribution in [0.4, 0.5) is 0 Å². The van der Waals surface area contributed by atoms with Crippen LogP contribution in [0.2, 0.25) is 0 Å². The molecule has 1 aliphatic rings. The Morgan fingerprint density at radius 3 is 2.04 bits per heavy atom. The van der Waals surface area contributed by atoms with Crippen molar-refractivity contribution in [2.45, 2.75) is 23.2 Å². The van der Waals surface area contributed by atoms with Gasteiger partial charge in [0, 0.05) is 13.1 Å². The summed E-state index contributed by atoms with van der Waals surface area (Å²) in [5, 5.41) is 18.5. The molecular weight excluding hydrogens is 334 g/mol. The van der Waals surface area contributed by atoms with E-state index in [-0.39, 0.29) is 4.90 Å². The highest BCUT2D eigenvalue weighted by molar-refractivity contribution is 7.89. The maximum Gasteiger partial charge on any atom is 0.243 e. The first-order chi connectivity index (χ1) is 12.0. The molecule has 1 aliphatic heterocycles. The summed E-state index contributed by atoms with van der Waals surface area (Å²) < 4.78 is 27.0. The molecule has 0 aromatic heterocycles. The molecule has 25 heavy (non-hydrogen) atoms. The van der Waals surface area contributed by atoms with E-state index in [0.717, 1.165) is 5.56 Å². The van der Waals surface area contributed by atoms with Crippen LogP contribution in [-0.4, -0.2) is 25.8 Å². The molecular formula is C19H17N3O2S. The van der Waals surface area contributed by atoms with Gasteiger partial charge in [-0.2, -0.15) is 14.8 Å². The van der Waals surface area contributed by atoms with E-state index in [1.54, 1.807) is 0 Å². The standard InChI is InChI=1S/C19H17N3O2S/c20-14-16-6-8-18(9-7-16)25(23,24)22-12-10-19(15-21,11-13-22)17-4-2-1-3-5-17/h1-9H,10-13H2. The highest BCUT2D eigenvalue weighted by atomic mass is 32.2. The van der Waals surface area contributed by atoms with Crippen LogP contribution in [0.3, 0.4) is 0 Å². The number of hydrogen-bond acceptors (Lipinski definition) is 4. The minimum atomic E-state index is -3.61. The first-order valence-electron chi connectivity index (χ1n) is 7.99. The average molecular weight is 351 g/mol. The minimum absolute atomic E-state index is 0.177. The molecule has 2 aromatic carbocycles. The Labute approximate surface area is 147 Å². The fourth-order valence-electron chi connectivity index (χ4n) is 3.18. The summed E-state index contributed by atoms with van der Waals surface area (Å²) in [6, 6.07) is 19.8. The van der Waals surface area contributed by atoms with Crippen LogP contribution in [-0.2, 0) is 15.4 Å². The number of hydrogen-bond donors (Lipinski definition) is 0. The Bertz CT molecular complexity index is 931. The lowest BCUT2D eigenvalue weighted by Gasteiger charge is -2.36. The molecule has 5 nitrogen and oxygen atoms in total.